The fraction of sp³-hybridized carbons (Fsp3) is 0.611. The van der Waals surface area contributed by atoms with Gasteiger partial charge in [-0.3, -0.25) is 0 Å². The van der Waals surface area contributed by atoms with Crippen molar-refractivity contribution in [3.63, 3.8) is 0 Å². The number of aliphatic hydroxyl groups is 1. The van der Waals surface area contributed by atoms with Crippen molar-refractivity contribution in [3.8, 4) is 5.95 Å². The lowest BCUT2D eigenvalue weighted by molar-refractivity contribution is -0.207. The van der Waals surface area contributed by atoms with Crippen molar-refractivity contribution in [2.75, 3.05) is 5.32 Å². The molecular weight excluding hydrogens is 397 g/mol. The van der Waals surface area contributed by atoms with Gasteiger partial charge in [0.05, 0.1) is 11.4 Å². The number of nitrogens with zero attached hydrogens (tertiary/aromatic N) is 4. The molecule has 29 heavy (non-hydrogen) atoms. The summed E-state index contributed by atoms with van der Waals surface area (Å²) in [5, 5.41) is 16.9. The Labute approximate surface area is 163 Å². The minimum Gasteiger partial charge on any atom is -0.378 e. The number of aliphatic hydroxyl groups excluding tert-OH is 1. The molecule has 2 aromatic rings. The predicted octanol–water partition coefficient (Wildman–Crippen LogP) is 4.13. The molecule has 158 valence electrons. The lowest BCUT2D eigenvalue weighted by Crippen LogP contribution is -2.32. The molecule has 2 heterocycles. The largest absolute Gasteiger partial charge is 0.420 e. The Kier molecular flexibility index (Phi) is 4.96. The Balaban J connectivity index is 1.62. The van der Waals surface area contributed by atoms with Crippen LogP contribution in [0.5, 0.6) is 0 Å². The number of nitrogens with one attached hydrogen (secondary N) is 1. The molecule has 0 bridgehead atoms. The third-order valence-electron chi connectivity index (χ3n) is 5.20. The summed E-state index contributed by atoms with van der Waals surface area (Å²) in [7, 11) is 0. The standard InChI is InChI=1S/C18H20F5N5O/c19-17(20)6-3-11(4-7-17)24-14-9-13(15(29)18(21,22)23)25-16(26-14)28-8-5-12(27-28)10-1-2-10/h5,8-11,15,29H,1-4,6-7H2,(H,24,25,26). The average molecular weight is 417 g/mol. The number of alkyl halides is 5. The molecule has 0 spiro atoms. The van der Waals surface area contributed by atoms with Crippen molar-refractivity contribution >= 4 is 5.82 Å². The lowest BCUT2D eigenvalue weighted by Gasteiger charge is -2.29. The van der Waals surface area contributed by atoms with E-state index >= 15 is 0 Å². The van der Waals surface area contributed by atoms with E-state index in [0.717, 1.165) is 24.6 Å². The highest BCUT2D eigenvalue weighted by Crippen LogP contribution is 2.39. The summed E-state index contributed by atoms with van der Waals surface area (Å²) in [6.07, 6.45) is -4.41. The summed E-state index contributed by atoms with van der Waals surface area (Å²) in [5.41, 5.74) is 0.175. The van der Waals surface area contributed by atoms with E-state index in [4.69, 9.17) is 0 Å². The minimum atomic E-state index is -4.90. The summed E-state index contributed by atoms with van der Waals surface area (Å²) >= 11 is 0. The first-order chi connectivity index (χ1) is 13.6. The van der Waals surface area contributed by atoms with Crippen LogP contribution < -0.4 is 5.32 Å². The Morgan fingerprint density at radius 2 is 1.83 bits per heavy atom. The van der Waals surface area contributed by atoms with E-state index in [1.165, 1.54) is 4.68 Å². The molecule has 0 aliphatic heterocycles. The van der Waals surface area contributed by atoms with Crippen LogP contribution >= 0.6 is 0 Å². The van der Waals surface area contributed by atoms with Gasteiger partial charge in [0.25, 0.3) is 5.95 Å². The molecule has 0 aromatic carbocycles. The van der Waals surface area contributed by atoms with Gasteiger partial charge in [0, 0.05) is 37.1 Å². The molecule has 2 fully saturated rings. The molecule has 2 aromatic heterocycles. The monoisotopic (exact) mass is 417 g/mol. The molecule has 2 aliphatic rings. The predicted molar refractivity (Wildman–Crippen MR) is 93.0 cm³/mol. The SMILES string of the molecule is OC(c1cc(NC2CCC(F)(F)CC2)nc(-n2ccc(C3CC3)n2)n1)C(F)(F)F. The Morgan fingerprint density at radius 1 is 1.14 bits per heavy atom. The van der Waals surface area contributed by atoms with Gasteiger partial charge in [-0.2, -0.15) is 23.3 Å². The van der Waals surface area contributed by atoms with E-state index in [-0.39, 0.29) is 43.5 Å². The highest BCUT2D eigenvalue weighted by molar-refractivity contribution is 5.41. The lowest BCUT2D eigenvalue weighted by atomic mass is 9.92. The smallest absolute Gasteiger partial charge is 0.378 e. The molecule has 6 nitrogen and oxygen atoms in total. The number of hydrogen-bond acceptors (Lipinski definition) is 5. The number of anilines is 1. The van der Waals surface area contributed by atoms with E-state index < -0.39 is 23.9 Å². The summed E-state index contributed by atoms with van der Waals surface area (Å²) in [5.74, 6) is -2.48. The molecule has 1 atom stereocenters. The van der Waals surface area contributed by atoms with Gasteiger partial charge in [-0.1, -0.05) is 0 Å². The molecule has 2 aliphatic carbocycles. The van der Waals surface area contributed by atoms with Crippen LogP contribution in [0, 0.1) is 0 Å². The van der Waals surface area contributed by atoms with Crippen molar-refractivity contribution in [2.45, 2.75) is 68.7 Å². The zero-order valence-electron chi connectivity index (χ0n) is 15.3. The Bertz CT molecular complexity index is 870. The average Bonchev–Trinajstić information content (AvgIpc) is 3.38. The fourth-order valence-electron chi connectivity index (χ4n) is 3.38. The van der Waals surface area contributed by atoms with Gasteiger partial charge < -0.3 is 10.4 Å². The molecule has 4 rings (SSSR count). The number of hydrogen-bond donors (Lipinski definition) is 2. The van der Waals surface area contributed by atoms with Crippen molar-refractivity contribution in [1.29, 1.82) is 0 Å². The molecular formula is C18H20F5N5O. The van der Waals surface area contributed by atoms with Gasteiger partial charge in [0.2, 0.25) is 5.92 Å². The fourth-order valence-corrected chi connectivity index (χ4v) is 3.38. The first kappa shape index (κ1) is 20.0. The van der Waals surface area contributed by atoms with Crippen LogP contribution in [0.25, 0.3) is 5.95 Å². The topological polar surface area (TPSA) is 75.9 Å². The van der Waals surface area contributed by atoms with Crippen LogP contribution in [0.15, 0.2) is 18.3 Å². The van der Waals surface area contributed by atoms with Crippen LogP contribution in [0.3, 0.4) is 0 Å². The molecule has 1 unspecified atom stereocenters. The maximum absolute atomic E-state index is 13.4. The van der Waals surface area contributed by atoms with Gasteiger partial charge in [0.15, 0.2) is 6.10 Å². The molecule has 0 amide bonds. The molecule has 0 radical (unpaired) electrons. The van der Waals surface area contributed by atoms with Gasteiger partial charge >= 0.3 is 6.18 Å². The van der Waals surface area contributed by atoms with E-state index in [1.807, 2.05) is 0 Å². The molecule has 0 saturated heterocycles. The van der Waals surface area contributed by atoms with E-state index in [1.54, 1.807) is 12.3 Å². The molecule has 2 N–H and O–H groups in total. The van der Waals surface area contributed by atoms with Crippen LogP contribution in [-0.4, -0.2) is 43.0 Å². The highest BCUT2D eigenvalue weighted by atomic mass is 19.4. The van der Waals surface area contributed by atoms with Crippen LogP contribution in [0.1, 0.15) is 61.9 Å². The van der Waals surface area contributed by atoms with Crippen LogP contribution in [-0.2, 0) is 0 Å². The van der Waals surface area contributed by atoms with E-state index in [2.05, 4.69) is 20.4 Å². The molecule has 11 heteroatoms. The Morgan fingerprint density at radius 3 is 2.45 bits per heavy atom. The van der Waals surface area contributed by atoms with Gasteiger partial charge in [-0.15, -0.1) is 0 Å². The third-order valence-corrected chi connectivity index (χ3v) is 5.20. The first-order valence-electron chi connectivity index (χ1n) is 9.45. The highest BCUT2D eigenvalue weighted by Gasteiger charge is 2.41. The first-order valence-corrected chi connectivity index (χ1v) is 9.45. The van der Waals surface area contributed by atoms with E-state index in [9.17, 15) is 27.1 Å². The second-order valence-electron chi connectivity index (χ2n) is 7.66. The Hall–Kier alpha value is -2.30. The van der Waals surface area contributed by atoms with Crippen molar-refractivity contribution in [1.82, 2.24) is 19.7 Å². The van der Waals surface area contributed by atoms with Gasteiger partial charge in [-0.25, -0.2) is 18.4 Å². The summed E-state index contributed by atoms with van der Waals surface area (Å²) in [4.78, 5) is 8.04. The summed E-state index contributed by atoms with van der Waals surface area (Å²) in [6, 6.07) is 2.40. The quantitative estimate of drug-likeness (QED) is 0.716. The van der Waals surface area contributed by atoms with E-state index in [0.29, 0.717) is 5.92 Å². The second kappa shape index (κ2) is 7.19. The van der Waals surface area contributed by atoms with Crippen molar-refractivity contribution in [3.05, 3.63) is 29.7 Å². The van der Waals surface area contributed by atoms with Crippen molar-refractivity contribution < 1.29 is 27.1 Å². The van der Waals surface area contributed by atoms with Gasteiger partial charge in [-0.05, 0) is 31.7 Å². The minimum absolute atomic E-state index is 0.0342. The maximum Gasteiger partial charge on any atom is 0.420 e. The molecule has 2 saturated carbocycles. The van der Waals surface area contributed by atoms with Crippen LogP contribution in [0.4, 0.5) is 27.8 Å². The van der Waals surface area contributed by atoms with Gasteiger partial charge in [0.1, 0.15) is 5.82 Å². The number of rotatable bonds is 5. The summed E-state index contributed by atoms with van der Waals surface area (Å²) in [6.45, 7) is 0. The third kappa shape index (κ3) is 4.65. The second-order valence-corrected chi connectivity index (χ2v) is 7.66. The zero-order valence-corrected chi connectivity index (χ0v) is 15.3. The number of aromatic nitrogens is 4. The zero-order chi connectivity index (χ0) is 20.8. The maximum atomic E-state index is 13.4. The van der Waals surface area contributed by atoms with Crippen molar-refractivity contribution in [2.24, 2.45) is 0 Å². The normalized spacial score (nSPS) is 21.2. The summed E-state index contributed by atoms with van der Waals surface area (Å²) < 4.78 is 67.0. The van der Waals surface area contributed by atoms with Crippen LogP contribution in [0.2, 0.25) is 0 Å². The number of halogens is 5.